The third-order valence-corrected chi connectivity index (χ3v) is 3.59. The van der Waals surface area contributed by atoms with Gasteiger partial charge in [0, 0.05) is 0 Å². The summed E-state index contributed by atoms with van der Waals surface area (Å²) in [6.45, 7) is 0. The summed E-state index contributed by atoms with van der Waals surface area (Å²) < 4.78 is 14.0. The van der Waals surface area contributed by atoms with Gasteiger partial charge in [-0.05, 0) is 18.2 Å². The normalized spacial score (nSPS) is 10.2. The van der Waals surface area contributed by atoms with E-state index in [1.165, 1.54) is 24.3 Å². The SMILES string of the molecule is NC(=O)c1cc(S)sc1NC(=O)c1ccccc1F. The van der Waals surface area contributed by atoms with Crippen LogP contribution in [0, 0.1) is 5.82 Å². The molecule has 0 aliphatic heterocycles. The fourth-order valence-electron chi connectivity index (χ4n) is 1.47. The molecule has 2 aromatic rings. The molecule has 4 nitrogen and oxygen atoms in total. The van der Waals surface area contributed by atoms with E-state index in [2.05, 4.69) is 17.9 Å². The Hall–Kier alpha value is -1.86. The van der Waals surface area contributed by atoms with E-state index in [9.17, 15) is 14.0 Å². The number of hydrogen-bond acceptors (Lipinski definition) is 4. The molecular weight excluding hydrogens is 287 g/mol. The molecule has 7 heteroatoms. The standard InChI is InChI=1S/C12H9FN2O2S2/c13-8-4-2-1-3-6(8)11(17)15-12-7(10(14)16)5-9(18)19-12/h1-5,18H,(H2,14,16)(H,15,17). The summed E-state index contributed by atoms with van der Waals surface area (Å²) >= 11 is 5.17. The van der Waals surface area contributed by atoms with Gasteiger partial charge >= 0.3 is 0 Å². The second-order valence-electron chi connectivity index (χ2n) is 3.63. The fourth-order valence-corrected chi connectivity index (χ4v) is 2.67. The van der Waals surface area contributed by atoms with E-state index in [1.54, 1.807) is 6.07 Å². The Balaban J connectivity index is 2.29. The minimum atomic E-state index is -0.680. The molecule has 19 heavy (non-hydrogen) atoms. The van der Waals surface area contributed by atoms with Crippen molar-refractivity contribution in [2.45, 2.75) is 4.21 Å². The molecule has 98 valence electrons. The second kappa shape index (κ2) is 5.41. The molecule has 2 amide bonds. The van der Waals surface area contributed by atoms with Crippen LogP contribution in [-0.2, 0) is 0 Å². The van der Waals surface area contributed by atoms with Gasteiger partial charge < -0.3 is 11.1 Å². The highest BCUT2D eigenvalue weighted by molar-refractivity contribution is 7.83. The van der Waals surface area contributed by atoms with Gasteiger partial charge in [-0.25, -0.2) is 4.39 Å². The van der Waals surface area contributed by atoms with Gasteiger partial charge in [-0.15, -0.1) is 24.0 Å². The Bertz CT molecular complexity index is 655. The highest BCUT2D eigenvalue weighted by Crippen LogP contribution is 2.30. The number of halogens is 1. The van der Waals surface area contributed by atoms with Crippen molar-refractivity contribution in [3.63, 3.8) is 0 Å². The quantitative estimate of drug-likeness (QED) is 0.762. The van der Waals surface area contributed by atoms with E-state index in [0.29, 0.717) is 4.21 Å². The molecule has 0 aliphatic rings. The van der Waals surface area contributed by atoms with Crippen molar-refractivity contribution in [3.8, 4) is 0 Å². The number of benzene rings is 1. The zero-order chi connectivity index (χ0) is 14.0. The minimum Gasteiger partial charge on any atom is -0.366 e. The Labute approximate surface area is 117 Å². The average Bonchev–Trinajstić information content (AvgIpc) is 2.70. The van der Waals surface area contributed by atoms with E-state index in [-0.39, 0.29) is 16.1 Å². The first-order chi connectivity index (χ1) is 8.99. The lowest BCUT2D eigenvalue weighted by molar-refractivity contribution is 0.100. The predicted octanol–water partition coefficient (Wildman–Crippen LogP) is 2.53. The zero-order valence-corrected chi connectivity index (χ0v) is 11.2. The number of primary amides is 1. The van der Waals surface area contributed by atoms with Crippen LogP contribution < -0.4 is 11.1 Å². The maximum atomic E-state index is 13.4. The van der Waals surface area contributed by atoms with Crippen LogP contribution in [0.15, 0.2) is 34.5 Å². The van der Waals surface area contributed by atoms with Crippen molar-refractivity contribution < 1.29 is 14.0 Å². The summed E-state index contributed by atoms with van der Waals surface area (Å²) in [6.07, 6.45) is 0. The van der Waals surface area contributed by atoms with E-state index in [0.717, 1.165) is 11.3 Å². The number of rotatable bonds is 3. The largest absolute Gasteiger partial charge is 0.366 e. The van der Waals surface area contributed by atoms with Crippen molar-refractivity contribution >= 4 is 40.8 Å². The third kappa shape index (κ3) is 2.94. The average molecular weight is 296 g/mol. The van der Waals surface area contributed by atoms with Crippen LogP contribution in [0.5, 0.6) is 0 Å². The molecule has 0 saturated carbocycles. The molecule has 0 radical (unpaired) electrons. The number of carbonyl (C=O) groups is 2. The van der Waals surface area contributed by atoms with Crippen molar-refractivity contribution in [1.82, 2.24) is 0 Å². The van der Waals surface area contributed by atoms with Crippen LogP contribution in [0.3, 0.4) is 0 Å². The van der Waals surface area contributed by atoms with E-state index in [1.807, 2.05) is 0 Å². The van der Waals surface area contributed by atoms with Crippen LogP contribution >= 0.6 is 24.0 Å². The lowest BCUT2D eigenvalue weighted by atomic mass is 10.2. The summed E-state index contributed by atoms with van der Waals surface area (Å²) in [5.41, 5.74) is 5.23. The monoisotopic (exact) mass is 296 g/mol. The molecule has 0 aliphatic carbocycles. The highest BCUT2D eigenvalue weighted by Gasteiger charge is 2.17. The molecule has 1 aromatic heterocycles. The number of hydrogen-bond donors (Lipinski definition) is 3. The van der Waals surface area contributed by atoms with Crippen molar-refractivity contribution in [2.75, 3.05) is 5.32 Å². The molecule has 0 bridgehead atoms. The van der Waals surface area contributed by atoms with Crippen LogP contribution in [0.4, 0.5) is 9.39 Å². The van der Waals surface area contributed by atoms with Crippen molar-refractivity contribution in [1.29, 1.82) is 0 Å². The maximum Gasteiger partial charge on any atom is 0.259 e. The Kier molecular flexibility index (Phi) is 3.87. The molecule has 2 rings (SSSR count). The first-order valence-corrected chi connectivity index (χ1v) is 6.44. The lowest BCUT2D eigenvalue weighted by Gasteiger charge is -2.05. The second-order valence-corrected chi connectivity index (χ2v) is 5.46. The van der Waals surface area contributed by atoms with Gasteiger partial charge in [-0.2, -0.15) is 0 Å². The Morgan fingerprint density at radius 1 is 1.26 bits per heavy atom. The molecule has 0 fully saturated rings. The van der Waals surface area contributed by atoms with Crippen molar-refractivity contribution in [3.05, 3.63) is 47.3 Å². The van der Waals surface area contributed by atoms with E-state index in [4.69, 9.17) is 5.73 Å². The van der Waals surface area contributed by atoms with E-state index < -0.39 is 17.6 Å². The van der Waals surface area contributed by atoms with Crippen LogP contribution in [0.2, 0.25) is 0 Å². The number of anilines is 1. The fraction of sp³-hybridized carbons (Fsp3) is 0. The number of amides is 2. The van der Waals surface area contributed by atoms with Gasteiger partial charge in [0.15, 0.2) is 0 Å². The Morgan fingerprint density at radius 3 is 2.58 bits per heavy atom. The molecule has 1 heterocycles. The van der Waals surface area contributed by atoms with Gasteiger partial charge in [-0.1, -0.05) is 12.1 Å². The van der Waals surface area contributed by atoms with Crippen LogP contribution in [0.25, 0.3) is 0 Å². The number of nitrogens with one attached hydrogen (secondary N) is 1. The van der Waals surface area contributed by atoms with Crippen molar-refractivity contribution in [2.24, 2.45) is 5.73 Å². The zero-order valence-electron chi connectivity index (χ0n) is 9.51. The van der Waals surface area contributed by atoms with Gasteiger partial charge in [0.05, 0.1) is 15.3 Å². The molecule has 0 unspecified atom stereocenters. The number of thiophene rings is 1. The summed E-state index contributed by atoms with van der Waals surface area (Å²) in [4.78, 5) is 23.1. The molecule has 3 N–H and O–H groups in total. The molecule has 0 atom stereocenters. The first kappa shape index (κ1) is 13.6. The molecule has 0 spiro atoms. The van der Waals surface area contributed by atoms with Gasteiger partial charge in [0.2, 0.25) is 0 Å². The minimum absolute atomic E-state index is 0.105. The smallest absolute Gasteiger partial charge is 0.259 e. The summed E-state index contributed by atoms with van der Waals surface area (Å²) in [7, 11) is 0. The van der Waals surface area contributed by atoms with E-state index >= 15 is 0 Å². The molecule has 1 aromatic carbocycles. The van der Waals surface area contributed by atoms with Gasteiger partial charge in [-0.3, -0.25) is 9.59 Å². The number of carbonyl (C=O) groups excluding carboxylic acids is 2. The number of thiol groups is 1. The predicted molar refractivity (Wildman–Crippen MR) is 74.4 cm³/mol. The first-order valence-electron chi connectivity index (χ1n) is 5.17. The lowest BCUT2D eigenvalue weighted by Crippen LogP contribution is -2.17. The van der Waals surface area contributed by atoms with Gasteiger partial charge in [0.25, 0.3) is 11.8 Å². The van der Waals surface area contributed by atoms with Gasteiger partial charge in [0.1, 0.15) is 10.8 Å². The summed E-state index contributed by atoms with van der Waals surface area (Å²) in [5.74, 6) is -1.96. The Morgan fingerprint density at radius 2 is 1.95 bits per heavy atom. The van der Waals surface area contributed by atoms with Crippen LogP contribution in [0.1, 0.15) is 20.7 Å². The third-order valence-electron chi connectivity index (χ3n) is 2.33. The number of nitrogens with two attached hydrogens (primary N) is 1. The molecular formula is C12H9FN2O2S2. The summed E-state index contributed by atoms with van der Waals surface area (Å²) in [6, 6.07) is 7.02. The maximum absolute atomic E-state index is 13.4. The highest BCUT2D eigenvalue weighted by atomic mass is 32.2. The van der Waals surface area contributed by atoms with Crippen LogP contribution in [-0.4, -0.2) is 11.8 Å². The summed E-state index contributed by atoms with van der Waals surface area (Å²) in [5, 5.41) is 2.72. The molecule has 0 saturated heterocycles. The topological polar surface area (TPSA) is 72.2 Å².